The molecule has 0 aliphatic heterocycles. The van der Waals surface area contributed by atoms with Crippen LogP contribution in [0.5, 0.6) is 5.95 Å². The molecule has 0 bridgehead atoms. The molecule has 110 valence electrons. The van der Waals surface area contributed by atoms with E-state index >= 15 is 0 Å². The smallest absolute Gasteiger partial charge is 0.332 e. The second-order valence-electron chi connectivity index (χ2n) is 4.65. The second kappa shape index (κ2) is 5.77. The van der Waals surface area contributed by atoms with Crippen molar-refractivity contribution in [3.8, 4) is 17.4 Å². The molecule has 0 amide bonds. The highest BCUT2D eigenvalue weighted by Crippen LogP contribution is 2.33. The van der Waals surface area contributed by atoms with Crippen LogP contribution in [0.2, 0.25) is 0 Å². The second-order valence-corrected chi connectivity index (χ2v) is 4.65. The molecule has 3 aromatic rings. The first-order chi connectivity index (χ1) is 10.6. The third-order valence-electron chi connectivity index (χ3n) is 3.01. The van der Waals surface area contributed by atoms with Crippen LogP contribution < -0.4 is 0 Å². The molecular formula is C16H12FN3O2. The van der Waals surface area contributed by atoms with E-state index in [4.69, 9.17) is 4.42 Å². The maximum Gasteiger partial charge on any atom is 0.332 e. The van der Waals surface area contributed by atoms with Gasteiger partial charge in [0, 0.05) is 5.56 Å². The summed E-state index contributed by atoms with van der Waals surface area (Å²) < 4.78 is 18.3. The Morgan fingerprint density at radius 1 is 1.09 bits per heavy atom. The van der Waals surface area contributed by atoms with Gasteiger partial charge in [-0.1, -0.05) is 18.2 Å². The highest BCUT2D eigenvalue weighted by molar-refractivity contribution is 5.57. The van der Waals surface area contributed by atoms with Crippen LogP contribution >= 0.6 is 0 Å². The van der Waals surface area contributed by atoms with Crippen LogP contribution in [-0.4, -0.2) is 10.1 Å². The monoisotopic (exact) mass is 297 g/mol. The van der Waals surface area contributed by atoms with E-state index in [2.05, 4.69) is 15.2 Å². The number of aromatic hydroxyl groups is 1. The van der Waals surface area contributed by atoms with Crippen molar-refractivity contribution in [3.63, 3.8) is 0 Å². The number of aryl methyl sites for hydroxylation is 1. The number of benzene rings is 2. The summed E-state index contributed by atoms with van der Waals surface area (Å²) in [4.78, 5) is 4.08. The van der Waals surface area contributed by atoms with Gasteiger partial charge < -0.3 is 9.52 Å². The molecule has 0 radical (unpaired) electrons. The quantitative estimate of drug-likeness (QED) is 0.698. The average molecular weight is 297 g/mol. The van der Waals surface area contributed by atoms with Crippen LogP contribution in [0.25, 0.3) is 11.5 Å². The predicted octanol–water partition coefficient (Wildman–Crippen LogP) is 4.91. The maximum atomic E-state index is 13.2. The number of aromatic nitrogens is 1. The van der Waals surface area contributed by atoms with Gasteiger partial charge in [-0.05, 0) is 42.8 Å². The van der Waals surface area contributed by atoms with E-state index in [1.165, 1.54) is 12.1 Å². The van der Waals surface area contributed by atoms with Gasteiger partial charge in [-0.2, -0.15) is 4.98 Å². The number of oxazole rings is 1. The topological polar surface area (TPSA) is 71.0 Å². The largest absolute Gasteiger partial charge is 0.478 e. The van der Waals surface area contributed by atoms with Gasteiger partial charge in [0.15, 0.2) is 0 Å². The van der Waals surface area contributed by atoms with Crippen molar-refractivity contribution in [1.82, 2.24) is 4.98 Å². The van der Waals surface area contributed by atoms with E-state index in [1.54, 1.807) is 25.1 Å². The zero-order valence-electron chi connectivity index (χ0n) is 11.7. The summed E-state index contributed by atoms with van der Waals surface area (Å²) in [6.07, 6.45) is 0. The molecule has 0 aliphatic rings. The van der Waals surface area contributed by atoms with Gasteiger partial charge >= 0.3 is 5.95 Å². The highest BCUT2D eigenvalue weighted by atomic mass is 19.1. The van der Waals surface area contributed by atoms with E-state index in [0.29, 0.717) is 11.3 Å². The fraction of sp³-hybridized carbons (Fsp3) is 0.0625. The highest BCUT2D eigenvalue weighted by Gasteiger charge is 2.13. The minimum Gasteiger partial charge on any atom is -0.478 e. The number of azo groups is 1. The molecule has 0 saturated carbocycles. The molecule has 0 atom stereocenters. The van der Waals surface area contributed by atoms with E-state index in [-0.39, 0.29) is 17.5 Å². The third-order valence-corrected chi connectivity index (χ3v) is 3.01. The lowest BCUT2D eigenvalue weighted by Gasteiger charge is -1.96. The number of hydrogen-bond donors (Lipinski definition) is 1. The Hall–Kier alpha value is -3.02. The molecule has 1 aromatic heterocycles. The fourth-order valence-electron chi connectivity index (χ4n) is 1.87. The molecule has 5 nitrogen and oxygen atoms in total. The Balaban J connectivity index is 1.88. The first-order valence-electron chi connectivity index (χ1n) is 6.56. The van der Waals surface area contributed by atoms with E-state index in [9.17, 15) is 9.50 Å². The van der Waals surface area contributed by atoms with Crippen molar-refractivity contribution in [2.75, 3.05) is 0 Å². The molecule has 6 heteroatoms. The summed E-state index contributed by atoms with van der Waals surface area (Å²) in [6.45, 7) is 1.63. The van der Waals surface area contributed by atoms with E-state index in [0.717, 1.165) is 5.56 Å². The Labute approximate surface area is 125 Å². The average Bonchev–Trinajstić information content (AvgIpc) is 2.90. The fourth-order valence-corrected chi connectivity index (χ4v) is 1.87. The Bertz CT molecular complexity index is 829. The summed E-state index contributed by atoms with van der Waals surface area (Å²) in [5, 5.41) is 17.5. The Kier molecular flexibility index (Phi) is 3.65. The van der Waals surface area contributed by atoms with Crippen molar-refractivity contribution in [1.29, 1.82) is 0 Å². The molecular weight excluding hydrogens is 285 g/mol. The van der Waals surface area contributed by atoms with E-state index in [1.807, 2.05) is 18.2 Å². The Morgan fingerprint density at radius 3 is 2.59 bits per heavy atom. The van der Waals surface area contributed by atoms with Gasteiger partial charge in [0.25, 0.3) is 5.82 Å². The zero-order valence-corrected chi connectivity index (χ0v) is 11.7. The third kappa shape index (κ3) is 2.85. The number of rotatable bonds is 3. The minimum atomic E-state index is -0.415. The SMILES string of the molecule is Cc1cc(N=Nc2nc(-c3ccccc3)oc2O)ccc1F. The van der Waals surface area contributed by atoms with Crippen molar-refractivity contribution in [3.05, 3.63) is 59.9 Å². The standard InChI is InChI=1S/C16H12FN3O2/c1-10-9-12(7-8-13(10)17)19-20-14-16(21)22-15(18-14)11-5-3-2-4-6-11/h2-9,21H,1H3. The summed E-state index contributed by atoms with van der Waals surface area (Å²) in [6, 6.07) is 13.5. The summed E-state index contributed by atoms with van der Waals surface area (Å²) in [7, 11) is 0. The molecule has 3 rings (SSSR count). The van der Waals surface area contributed by atoms with Gasteiger partial charge in [0.2, 0.25) is 5.89 Å². The predicted molar refractivity (Wildman–Crippen MR) is 78.9 cm³/mol. The Morgan fingerprint density at radius 2 is 1.86 bits per heavy atom. The molecule has 1 N–H and O–H groups in total. The van der Waals surface area contributed by atoms with Crippen molar-refractivity contribution >= 4 is 11.5 Å². The summed E-state index contributed by atoms with van der Waals surface area (Å²) >= 11 is 0. The summed E-state index contributed by atoms with van der Waals surface area (Å²) in [5.41, 5.74) is 1.64. The lowest BCUT2D eigenvalue weighted by molar-refractivity contribution is 0.338. The van der Waals surface area contributed by atoms with Gasteiger partial charge in [-0.3, -0.25) is 0 Å². The van der Waals surface area contributed by atoms with Gasteiger partial charge in [0.1, 0.15) is 5.82 Å². The molecule has 22 heavy (non-hydrogen) atoms. The number of hydrogen-bond acceptors (Lipinski definition) is 5. The molecule has 0 fully saturated rings. The van der Waals surface area contributed by atoms with Gasteiger partial charge in [-0.25, -0.2) is 4.39 Å². The van der Waals surface area contributed by atoms with Crippen LogP contribution in [0.15, 0.2) is 63.2 Å². The molecule has 0 saturated heterocycles. The summed E-state index contributed by atoms with van der Waals surface area (Å²) in [5.74, 6) is -0.501. The lowest BCUT2D eigenvalue weighted by Crippen LogP contribution is -1.78. The minimum absolute atomic E-state index is 0.0270. The van der Waals surface area contributed by atoms with Crippen LogP contribution in [0.4, 0.5) is 15.9 Å². The van der Waals surface area contributed by atoms with Crippen LogP contribution in [0.1, 0.15) is 5.56 Å². The van der Waals surface area contributed by atoms with Crippen LogP contribution in [-0.2, 0) is 0 Å². The molecule has 0 spiro atoms. The first kappa shape index (κ1) is 13.9. The zero-order chi connectivity index (χ0) is 15.5. The van der Waals surface area contributed by atoms with Gasteiger partial charge in [-0.15, -0.1) is 10.2 Å². The molecule has 0 aliphatic carbocycles. The molecule has 0 unspecified atom stereocenters. The van der Waals surface area contributed by atoms with Crippen molar-refractivity contribution in [2.45, 2.75) is 6.92 Å². The van der Waals surface area contributed by atoms with E-state index < -0.39 is 5.95 Å². The first-order valence-corrected chi connectivity index (χ1v) is 6.56. The maximum absolute atomic E-state index is 13.2. The van der Waals surface area contributed by atoms with Crippen LogP contribution in [0, 0.1) is 12.7 Å². The number of nitrogens with zero attached hydrogens (tertiary/aromatic N) is 3. The molecule has 1 heterocycles. The number of halogens is 1. The normalized spacial score (nSPS) is 11.2. The van der Waals surface area contributed by atoms with Crippen molar-refractivity contribution in [2.24, 2.45) is 10.2 Å². The van der Waals surface area contributed by atoms with Crippen molar-refractivity contribution < 1.29 is 13.9 Å². The van der Waals surface area contributed by atoms with Gasteiger partial charge in [0.05, 0.1) is 5.69 Å². The lowest BCUT2D eigenvalue weighted by atomic mass is 10.2. The van der Waals surface area contributed by atoms with Crippen LogP contribution in [0.3, 0.4) is 0 Å². The molecule has 2 aromatic carbocycles.